The van der Waals surface area contributed by atoms with Gasteiger partial charge >= 0.3 is 6.18 Å². The third kappa shape index (κ3) is 4.52. The van der Waals surface area contributed by atoms with E-state index in [1.54, 1.807) is 6.07 Å². The number of alkyl halides is 3. The van der Waals surface area contributed by atoms with Gasteiger partial charge in [0.25, 0.3) is 5.91 Å². The van der Waals surface area contributed by atoms with Gasteiger partial charge in [0.2, 0.25) is 0 Å². The number of carbonyl (C=O) groups is 1. The molecule has 9 heteroatoms. The molecule has 5 N–H and O–H groups in total. The van der Waals surface area contributed by atoms with Gasteiger partial charge in [0.15, 0.2) is 0 Å². The Morgan fingerprint density at radius 2 is 1.93 bits per heavy atom. The molecule has 3 aromatic rings. The summed E-state index contributed by atoms with van der Waals surface area (Å²) < 4.78 is 39.2. The van der Waals surface area contributed by atoms with E-state index in [0.717, 1.165) is 12.1 Å². The zero-order valence-corrected chi connectivity index (χ0v) is 14.9. The second-order valence-electron chi connectivity index (χ2n) is 5.99. The highest BCUT2D eigenvalue weighted by atomic mass is 19.4. The number of hydrogen-bond acceptors (Lipinski definition) is 5. The van der Waals surface area contributed by atoms with Crippen LogP contribution in [0.4, 0.5) is 13.2 Å². The predicted molar refractivity (Wildman–Crippen MR) is 103 cm³/mol. The first-order valence-corrected chi connectivity index (χ1v) is 8.37. The number of benzene rings is 1. The number of halogens is 3. The monoisotopic (exact) mass is 399 g/mol. The summed E-state index contributed by atoms with van der Waals surface area (Å²) in [7, 11) is 0. The van der Waals surface area contributed by atoms with Gasteiger partial charge in [-0.1, -0.05) is 12.1 Å². The Balaban J connectivity index is 2.05. The average molecular weight is 399 g/mol. The maximum absolute atomic E-state index is 13.1. The van der Waals surface area contributed by atoms with Crippen molar-refractivity contribution in [2.24, 2.45) is 11.5 Å². The van der Waals surface area contributed by atoms with Crippen LogP contribution in [-0.4, -0.2) is 15.9 Å². The Morgan fingerprint density at radius 3 is 2.66 bits per heavy atom. The smallest absolute Gasteiger partial charge is 0.405 e. The second-order valence-corrected chi connectivity index (χ2v) is 5.99. The molecule has 29 heavy (non-hydrogen) atoms. The highest BCUT2D eigenvalue weighted by Gasteiger charge is 2.30. The Hall–Kier alpha value is -3.88. The third-order valence-electron chi connectivity index (χ3n) is 3.98. The second kappa shape index (κ2) is 8.01. The molecule has 6 nitrogen and oxygen atoms in total. The lowest BCUT2D eigenvalue weighted by molar-refractivity contribution is -0.137. The molecule has 0 radical (unpaired) electrons. The van der Waals surface area contributed by atoms with Crippen molar-refractivity contribution in [1.82, 2.24) is 15.3 Å². The topological polar surface area (TPSA) is 107 Å². The van der Waals surface area contributed by atoms with E-state index in [1.807, 2.05) is 0 Å². The summed E-state index contributed by atoms with van der Waals surface area (Å²) in [5.41, 5.74) is 11.1. The van der Waals surface area contributed by atoms with Gasteiger partial charge in [0.05, 0.1) is 11.1 Å². The minimum absolute atomic E-state index is 0.0463. The number of carbonyl (C=O) groups excluding carboxylic acids is 1. The molecule has 0 spiro atoms. The van der Waals surface area contributed by atoms with Crippen LogP contribution in [0.15, 0.2) is 73.0 Å². The SMILES string of the molecule is N/C=C\C=C(/N)NC(=O)c1ccc2cncc(-c3cccc(C(F)(F)F)c3)c2n1. The maximum Gasteiger partial charge on any atom is 0.416 e. The molecule has 1 aromatic carbocycles. The molecule has 1 amide bonds. The van der Waals surface area contributed by atoms with E-state index in [2.05, 4.69) is 15.3 Å². The molecule has 3 rings (SSSR count). The van der Waals surface area contributed by atoms with Gasteiger partial charge < -0.3 is 16.8 Å². The van der Waals surface area contributed by atoms with Crippen molar-refractivity contribution in [2.75, 3.05) is 0 Å². The summed E-state index contributed by atoms with van der Waals surface area (Å²) in [4.78, 5) is 20.8. The molecule has 0 atom stereocenters. The summed E-state index contributed by atoms with van der Waals surface area (Å²) in [5, 5.41) is 3.03. The number of amides is 1. The molecular formula is C20H16F3N5O. The van der Waals surface area contributed by atoms with Crippen LogP contribution in [0.1, 0.15) is 16.1 Å². The van der Waals surface area contributed by atoms with Crippen LogP contribution < -0.4 is 16.8 Å². The molecule has 0 aliphatic heterocycles. The van der Waals surface area contributed by atoms with E-state index in [0.29, 0.717) is 16.5 Å². The standard InChI is InChI=1S/C20H16F3N5O/c21-20(22,23)14-4-1-3-12(9-14)15-11-26-10-13-6-7-16(27-18(13)15)19(29)28-17(25)5-2-8-24/h1-11H,24-25H2,(H,28,29)/b8-2-,17-5+. The number of aromatic nitrogens is 2. The van der Waals surface area contributed by atoms with Gasteiger partial charge in [0, 0.05) is 23.3 Å². The first-order valence-electron chi connectivity index (χ1n) is 8.37. The molecule has 0 aliphatic carbocycles. The zero-order chi connectivity index (χ0) is 21.0. The van der Waals surface area contributed by atoms with E-state index in [9.17, 15) is 18.0 Å². The molecule has 0 fully saturated rings. The van der Waals surface area contributed by atoms with E-state index in [1.165, 1.54) is 48.9 Å². The number of nitrogens with zero attached hydrogens (tertiary/aromatic N) is 2. The minimum Gasteiger partial charge on any atom is -0.405 e. The van der Waals surface area contributed by atoms with E-state index < -0.39 is 17.6 Å². The highest BCUT2D eigenvalue weighted by molar-refractivity contribution is 5.99. The normalized spacial score (nSPS) is 12.4. The molecule has 148 valence electrons. The summed E-state index contributed by atoms with van der Waals surface area (Å²) >= 11 is 0. The van der Waals surface area contributed by atoms with Gasteiger partial charge in [0.1, 0.15) is 11.5 Å². The van der Waals surface area contributed by atoms with Crippen LogP contribution in [0, 0.1) is 0 Å². The number of nitrogens with one attached hydrogen (secondary N) is 1. The molecule has 2 aromatic heterocycles. The van der Waals surface area contributed by atoms with E-state index in [-0.39, 0.29) is 17.1 Å². The van der Waals surface area contributed by atoms with Gasteiger partial charge in [-0.15, -0.1) is 0 Å². The molecule has 0 saturated carbocycles. The zero-order valence-electron chi connectivity index (χ0n) is 14.9. The van der Waals surface area contributed by atoms with Crippen molar-refractivity contribution in [3.8, 4) is 11.1 Å². The lowest BCUT2D eigenvalue weighted by Gasteiger charge is -2.11. The van der Waals surface area contributed by atoms with Crippen LogP contribution in [0.25, 0.3) is 22.0 Å². The minimum atomic E-state index is -4.48. The first-order chi connectivity index (χ1) is 13.8. The molecule has 2 heterocycles. The average Bonchev–Trinajstić information content (AvgIpc) is 2.70. The predicted octanol–water partition coefficient (Wildman–Crippen LogP) is 3.32. The fraction of sp³-hybridized carbons (Fsp3) is 0.0500. The Morgan fingerprint density at radius 1 is 1.14 bits per heavy atom. The molecule has 0 bridgehead atoms. The van der Waals surface area contributed by atoms with E-state index in [4.69, 9.17) is 11.5 Å². The fourth-order valence-corrected chi connectivity index (χ4v) is 2.64. The largest absolute Gasteiger partial charge is 0.416 e. The van der Waals surface area contributed by atoms with Crippen LogP contribution in [0.2, 0.25) is 0 Å². The number of hydrogen-bond donors (Lipinski definition) is 3. The van der Waals surface area contributed by atoms with Gasteiger partial charge in [-0.25, -0.2) is 4.98 Å². The van der Waals surface area contributed by atoms with E-state index >= 15 is 0 Å². The number of rotatable bonds is 4. The van der Waals surface area contributed by atoms with Crippen molar-refractivity contribution < 1.29 is 18.0 Å². The van der Waals surface area contributed by atoms with Crippen LogP contribution >= 0.6 is 0 Å². The van der Waals surface area contributed by atoms with Gasteiger partial charge in [-0.05, 0) is 48.2 Å². The van der Waals surface area contributed by atoms with Crippen LogP contribution in [-0.2, 0) is 6.18 Å². The lowest BCUT2D eigenvalue weighted by Crippen LogP contribution is -2.28. The van der Waals surface area contributed by atoms with Crippen LogP contribution in [0.3, 0.4) is 0 Å². The number of pyridine rings is 2. The highest BCUT2D eigenvalue weighted by Crippen LogP contribution is 2.33. The summed E-state index contributed by atoms with van der Waals surface area (Å²) in [6.45, 7) is 0. The van der Waals surface area contributed by atoms with Gasteiger partial charge in [-0.2, -0.15) is 13.2 Å². The molecule has 0 unspecified atom stereocenters. The van der Waals surface area contributed by atoms with Crippen molar-refractivity contribution >= 4 is 16.8 Å². The molecular weight excluding hydrogens is 383 g/mol. The van der Waals surface area contributed by atoms with Crippen molar-refractivity contribution in [1.29, 1.82) is 0 Å². The number of allylic oxidation sites excluding steroid dienone is 2. The van der Waals surface area contributed by atoms with Crippen molar-refractivity contribution in [3.05, 3.63) is 84.2 Å². The van der Waals surface area contributed by atoms with Crippen molar-refractivity contribution in [2.45, 2.75) is 6.18 Å². The maximum atomic E-state index is 13.1. The Kier molecular flexibility index (Phi) is 5.49. The number of fused-ring (bicyclic) bond motifs is 1. The first kappa shape index (κ1) is 19.9. The lowest BCUT2D eigenvalue weighted by atomic mass is 10.0. The summed E-state index contributed by atoms with van der Waals surface area (Å²) in [5.74, 6) is -0.510. The summed E-state index contributed by atoms with van der Waals surface area (Å²) in [6, 6.07) is 7.93. The third-order valence-corrected chi connectivity index (χ3v) is 3.98. The van der Waals surface area contributed by atoms with Gasteiger partial charge in [-0.3, -0.25) is 9.78 Å². The quantitative estimate of drug-likeness (QED) is 0.584. The molecule has 0 saturated heterocycles. The Labute approximate surface area is 163 Å². The number of nitrogens with two attached hydrogens (primary N) is 2. The Bertz CT molecular complexity index is 1120. The van der Waals surface area contributed by atoms with Crippen LogP contribution in [0.5, 0.6) is 0 Å². The van der Waals surface area contributed by atoms with Crippen molar-refractivity contribution in [3.63, 3.8) is 0 Å². The summed E-state index contributed by atoms with van der Waals surface area (Å²) in [6.07, 6.45) is 2.54. The fourth-order valence-electron chi connectivity index (χ4n) is 2.64. The molecule has 0 aliphatic rings.